The van der Waals surface area contributed by atoms with Crippen LogP contribution in [0.1, 0.15) is 5.56 Å². The Morgan fingerprint density at radius 2 is 1.92 bits per heavy atom. The lowest BCUT2D eigenvalue weighted by atomic mass is 10.1. The van der Waals surface area contributed by atoms with Crippen molar-refractivity contribution in [1.82, 2.24) is 4.68 Å². The van der Waals surface area contributed by atoms with Crippen molar-refractivity contribution in [3.8, 4) is 11.3 Å². The zero-order chi connectivity index (χ0) is 18.0. The molecule has 0 saturated heterocycles. The van der Waals surface area contributed by atoms with Crippen LogP contribution in [0.3, 0.4) is 0 Å². The number of rotatable bonds is 4. The van der Waals surface area contributed by atoms with Gasteiger partial charge in [0.2, 0.25) is 4.80 Å². The molecular formula is C18H14Cl2FN3S. The van der Waals surface area contributed by atoms with Crippen LogP contribution in [0.2, 0.25) is 10.0 Å². The number of hydrogen-bond acceptors (Lipinski definition) is 3. The fraction of sp³-hybridized carbons (Fsp3) is 0.0556. The van der Waals surface area contributed by atoms with E-state index in [4.69, 9.17) is 23.2 Å². The van der Waals surface area contributed by atoms with Gasteiger partial charge in [-0.05, 0) is 42.5 Å². The van der Waals surface area contributed by atoms with Gasteiger partial charge in [-0.15, -0.1) is 11.3 Å². The molecule has 1 N–H and O–H groups in total. The second-order valence-corrected chi connectivity index (χ2v) is 6.86. The van der Waals surface area contributed by atoms with Gasteiger partial charge in [0, 0.05) is 28.6 Å². The van der Waals surface area contributed by atoms with Crippen molar-refractivity contribution in [3.05, 3.63) is 80.7 Å². The molecule has 0 unspecified atom stereocenters. The predicted octanol–water partition coefficient (Wildman–Crippen LogP) is 5.41. The minimum atomic E-state index is -0.281. The number of hydrogen-bond donors (Lipinski definition) is 1. The van der Waals surface area contributed by atoms with E-state index in [1.807, 2.05) is 5.38 Å². The molecule has 1 aromatic heterocycles. The van der Waals surface area contributed by atoms with E-state index in [2.05, 4.69) is 17.0 Å². The highest BCUT2D eigenvalue weighted by Gasteiger charge is 2.11. The summed E-state index contributed by atoms with van der Waals surface area (Å²) in [5.41, 5.74) is 6.25. The molecule has 3 rings (SSSR count). The topological polar surface area (TPSA) is 29.3 Å². The fourth-order valence-corrected chi connectivity index (χ4v) is 3.66. The fourth-order valence-electron chi connectivity index (χ4n) is 2.32. The maximum absolute atomic E-state index is 13.2. The van der Waals surface area contributed by atoms with Gasteiger partial charge < -0.3 is 0 Å². The van der Waals surface area contributed by atoms with E-state index in [1.165, 1.54) is 23.5 Å². The van der Waals surface area contributed by atoms with Crippen molar-refractivity contribution in [3.63, 3.8) is 0 Å². The average Bonchev–Trinajstić information content (AvgIpc) is 2.98. The lowest BCUT2D eigenvalue weighted by Gasteiger charge is -2.15. The van der Waals surface area contributed by atoms with Crippen LogP contribution in [0.25, 0.3) is 17.0 Å². The summed E-state index contributed by atoms with van der Waals surface area (Å²) >= 11 is 13.7. The third-order valence-corrected chi connectivity index (χ3v) is 5.01. The maximum atomic E-state index is 13.2. The Labute approximate surface area is 158 Å². The molecule has 3 nitrogen and oxygen atoms in total. The monoisotopic (exact) mass is 393 g/mol. The molecule has 0 aliphatic rings. The molecule has 128 valence electrons. The van der Waals surface area contributed by atoms with Crippen molar-refractivity contribution in [2.45, 2.75) is 0 Å². The second-order valence-electron chi connectivity index (χ2n) is 5.18. The van der Waals surface area contributed by atoms with E-state index in [-0.39, 0.29) is 5.82 Å². The summed E-state index contributed by atoms with van der Waals surface area (Å²) in [4.78, 5) is 5.01. The molecule has 0 fully saturated rings. The number of nitrogens with zero attached hydrogens (tertiary/aromatic N) is 2. The van der Waals surface area contributed by atoms with Crippen LogP contribution in [0, 0.1) is 5.82 Å². The summed E-state index contributed by atoms with van der Waals surface area (Å²) in [7, 11) is 1.70. The first-order chi connectivity index (χ1) is 12.0. The number of thiazole rings is 1. The Morgan fingerprint density at radius 1 is 1.20 bits per heavy atom. The van der Waals surface area contributed by atoms with Gasteiger partial charge >= 0.3 is 0 Å². The van der Waals surface area contributed by atoms with Crippen LogP contribution in [-0.2, 0) is 0 Å². The first-order valence-corrected chi connectivity index (χ1v) is 8.94. The van der Waals surface area contributed by atoms with Crippen LogP contribution >= 0.6 is 34.5 Å². The molecule has 0 aliphatic carbocycles. The Hall–Kier alpha value is -2.08. The molecule has 0 aliphatic heterocycles. The van der Waals surface area contributed by atoms with E-state index in [9.17, 15) is 4.39 Å². The third-order valence-electron chi connectivity index (χ3n) is 3.54. The molecular weight excluding hydrogens is 380 g/mol. The van der Waals surface area contributed by atoms with Gasteiger partial charge in [0.25, 0.3) is 0 Å². The summed E-state index contributed by atoms with van der Waals surface area (Å²) in [6.45, 7) is 4.06. The highest BCUT2D eigenvalue weighted by Crippen LogP contribution is 2.26. The van der Waals surface area contributed by atoms with Gasteiger partial charge in [0.05, 0.1) is 16.4 Å². The van der Waals surface area contributed by atoms with Crippen LogP contribution in [0.5, 0.6) is 0 Å². The zero-order valence-electron chi connectivity index (χ0n) is 13.3. The Morgan fingerprint density at radius 3 is 2.56 bits per heavy atom. The molecule has 0 saturated carbocycles. The maximum Gasteiger partial charge on any atom is 0.204 e. The Kier molecular flexibility index (Phi) is 5.27. The summed E-state index contributed by atoms with van der Waals surface area (Å²) in [6.07, 6.45) is 0. The van der Waals surface area contributed by atoms with Crippen LogP contribution in [0.15, 0.2) is 59.4 Å². The van der Waals surface area contributed by atoms with E-state index in [1.54, 1.807) is 42.1 Å². The quantitative estimate of drug-likeness (QED) is 0.630. The molecule has 0 spiro atoms. The third kappa shape index (κ3) is 3.79. The molecule has 7 heteroatoms. The minimum Gasteiger partial charge on any atom is -0.292 e. The van der Waals surface area contributed by atoms with E-state index in [0.29, 0.717) is 15.7 Å². The lowest BCUT2D eigenvalue weighted by Crippen LogP contribution is -2.25. The average molecular weight is 394 g/mol. The van der Waals surface area contributed by atoms with Gasteiger partial charge in [-0.25, -0.2) is 9.07 Å². The SMILES string of the molecule is C=C(Nn1c(-c2ccc(F)cc2)csc1=NC)c1ccc(Cl)cc1Cl. The number of nitrogens with one attached hydrogen (secondary N) is 1. The molecule has 1 heterocycles. The van der Waals surface area contributed by atoms with Crippen molar-refractivity contribution >= 4 is 40.2 Å². The largest absolute Gasteiger partial charge is 0.292 e. The standard InChI is InChI=1S/C18H14Cl2FN3S/c1-11(15-8-5-13(19)9-16(15)20)23-24-17(10-25-18(24)22-2)12-3-6-14(21)7-4-12/h3-10,23H,1H2,2H3. The van der Waals surface area contributed by atoms with E-state index >= 15 is 0 Å². The Balaban J connectivity index is 2.00. The van der Waals surface area contributed by atoms with E-state index in [0.717, 1.165) is 21.6 Å². The van der Waals surface area contributed by atoms with Crippen molar-refractivity contribution in [1.29, 1.82) is 0 Å². The summed E-state index contributed by atoms with van der Waals surface area (Å²) in [5, 5.41) is 3.00. The van der Waals surface area contributed by atoms with Gasteiger partial charge in [-0.3, -0.25) is 10.4 Å². The van der Waals surface area contributed by atoms with Crippen molar-refractivity contribution in [2.24, 2.45) is 4.99 Å². The zero-order valence-corrected chi connectivity index (χ0v) is 15.6. The number of benzene rings is 2. The van der Waals surface area contributed by atoms with Crippen LogP contribution in [-0.4, -0.2) is 11.7 Å². The molecule has 2 aromatic carbocycles. The van der Waals surface area contributed by atoms with Gasteiger partial charge in [-0.2, -0.15) is 0 Å². The van der Waals surface area contributed by atoms with Gasteiger partial charge in [0.15, 0.2) is 0 Å². The molecule has 0 amide bonds. The highest BCUT2D eigenvalue weighted by molar-refractivity contribution is 7.07. The summed E-state index contributed by atoms with van der Waals surface area (Å²) < 4.78 is 15.0. The van der Waals surface area contributed by atoms with Gasteiger partial charge in [-0.1, -0.05) is 29.8 Å². The highest BCUT2D eigenvalue weighted by atomic mass is 35.5. The normalized spacial score (nSPS) is 11.6. The van der Waals surface area contributed by atoms with E-state index < -0.39 is 0 Å². The van der Waals surface area contributed by atoms with Crippen LogP contribution in [0.4, 0.5) is 4.39 Å². The molecule has 0 radical (unpaired) electrons. The molecule has 0 atom stereocenters. The predicted molar refractivity (Wildman–Crippen MR) is 104 cm³/mol. The molecule has 25 heavy (non-hydrogen) atoms. The Bertz CT molecular complexity index is 990. The minimum absolute atomic E-state index is 0.281. The van der Waals surface area contributed by atoms with Gasteiger partial charge in [0.1, 0.15) is 5.82 Å². The second kappa shape index (κ2) is 7.44. The van der Waals surface area contributed by atoms with Crippen molar-refractivity contribution in [2.75, 3.05) is 12.5 Å². The number of halogens is 3. The molecule has 3 aromatic rings. The molecule has 0 bridgehead atoms. The lowest BCUT2D eigenvalue weighted by molar-refractivity contribution is 0.628. The first-order valence-electron chi connectivity index (χ1n) is 7.30. The van der Waals surface area contributed by atoms with Crippen molar-refractivity contribution < 1.29 is 4.39 Å². The number of aromatic nitrogens is 1. The van der Waals surface area contributed by atoms with Crippen LogP contribution < -0.4 is 10.2 Å². The summed E-state index contributed by atoms with van der Waals surface area (Å²) in [6, 6.07) is 11.5. The first kappa shape index (κ1) is 17.7. The summed E-state index contributed by atoms with van der Waals surface area (Å²) in [5.74, 6) is -0.281. The smallest absolute Gasteiger partial charge is 0.204 e.